The third kappa shape index (κ3) is 4.66. The maximum atomic E-state index is 12.6. The highest BCUT2D eigenvalue weighted by Crippen LogP contribution is 2.39. The Labute approximate surface area is 193 Å². The number of nitrogens with one attached hydrogen (secondary N) is 2. The van der Waals surface area contributed by atoms with Crippen LogP contribution in [0.4, 0.5) is 5.00 Å². The zero-order valence-electron chi connectivity index (χ0n) is 16.7. The fourth-order valence-corrected chi connectivity index (χ4v) is 5.43. The van der Waals surface area contributed by atoms with Crippen LogP contribution in [0.15, 0.2) is 40.8 Å². The monoisotopic (exact) mass is 473 g/mol. The number of anilines is 1. The minimum absolute atomic E-state index is 0.0728. The summed E-state index contributed by atoms with van der Waals surface area (Å²) < 4.78 is 5.65. The van der Waals surface area contributed by atoms with E-state index in [0.717, 1.165) is 35.3 Å². The Balaban J connectivity index is 1.46. The number of rotatable bonds is 4. The molecule has 1 aliphatic carbocycles. The number of hydrogen-bond donors (Lipinski definition) is 3. The number of hydrogen-bond acceptors (Lipinski definition) is 5. The summed E-state index contributed by atoms with van der Waals surface area (Å²) in [6.45, 7) is 2.19. The molecule has 1 atom stereocenters. The molecule has 6 nitrogen and oxygen atoms in total. The van der Waals surface area contributed by atoms with E-state index in [-0.39, 0.29) is 10.9 Å². The number of thiocarbonyl (C=S) groups is 1. The van der Waals surface area contributed by atoms with Gasteiger partial charge in [0.2, 0.25) is 0 Å². The topological polar surface area (TPSA) is 97.4 Å². The van der Waals surface area contributed by atoms with E-state index < -0.39 is 11.8 Å². The van der Waals surface area contributed by atoms with Crippen molar-refractivity contribution in [1.82, 2.24) is 5.32 Å². The molecule has 1 aliphatic rings. The van der Waals surface area contributed by atoms with Gasteiger partial charge in [0.15, 0.2) is 10.9 Å². The quantitative estimate of drug-likeness (QED) is 0.462. The Hall–Kier alpha value is -2.68. The predicted octanol–water partition coefficient (Wildman–Crippen LogP) is 5.01. The van der Waals surface area contributed by atoms with Gasteiger partial charge in [-0.1, -0.05) is 18.5 Å². The first-order valence-corrected chi connectivity index (χ1v) is 11.3. The summed E-state index contributed by atoms with van der Waals surface area (Å²) in [6.07, 6.45) is 2.73. The summed E-state index contributed by atoms with van der Waals surface area (Å²) in [5, 5.41) is 6.82. The molecular weight excluding hydrogens is 454 g/mol. The summed E-state index contributed by atoms with van der Waals surface area (Å²) in [5.41, 5.74) is 7.88. The molecule has 0 bridgehead atoms. The van der Waals surface area contributed by atoms with Crippen molar-refractivity contribution in [2.45, 2.75) is 26.2 Å². The summed E-state index contributed by atoms with van der Waals surface area (Å²) >= 11 is 12.7. The number of nitrogens with two attached hydrogens (primary N) is 1. The lowest BCUT2D eigenvalue weighted by Gasteiger charge is -2.18. The third-order valence-corrected chi connectivity index (χ3v) is 6.80. The zero-order chi connectivity index (χ0) is 22.1. The molecule has 2 aromatic heterocycles. The molecule has 2 amide bonds. The number of furan rings is 1. The molecule has 0 spiro atoms. The van der Waals surface area contributed by atoms with E-state index in [4.69, 9.17) is 34.0 Å². The molecule has 0 saturated carbocycles. The second-order valence-corrected chi connectivity index (χ2v) is 9.45. The van der Waals surface area contributed by atoms with Gasteiger partial charge in [0.25, 0.3) is 11.8 Å². The maximum absolute atomic E-state index is 12.6. The van der Waals surface area contributed by atoms with Crippen LogP contribution in [-0.2, 0) is 12.8 Å². The normalized spacial score (nSPS) is 15.2. The lowest BCUT2D eigenvalue weighted by Crippen LogP contribution is -2.34. The number of amides is 2. The first-order chi connectivity index (χ1) is 14.8. The van der Waals surface area contributed by atoms with Crippen molar-refractivity contribution in [3.8, 4) is 11.3 Å². The van der Waals surface area contributed by atoms with Gasteiger partial charge < -0.3 is 15.5 Å². The second-order valence-electron chi connectivity index (χ2n) is 7.50. The highest BCUT2D eigenvalue weighted by molar-refractivity contribution is 7.80. The van der Waals surface area contributed by atoms with Crippen LogP contribution in [0.3, 0.4) is 0 Å². The summed E-state index contributed by atoms with van der Waals surface area (Å²) in [5.74, 6) is 0.219. The van der Waals surface area contributed by atoms with Gasteiger partial charge in [-0.3, -0.25) is 14.9 Å². The molecule has 0 aliphatic heterocycles. The average Bonchev–Trinajstić information content (AvgIpc) is 3.33. The van der Waals surface area contributed by atoms with Crippen LogP contribution < -0.4 is 16.4 Å². The zero-order valence-corrected chi connectivity index (χ0v) is 19.0. The van der Waals surface area contributed by atoms with Crippen molar-refractivity contribution in [3.05, 3.63) is 63.2 Å². The van der Waals surface area contributed by atoms with Crippen molar-refractivity contribution in [2.24, 2.45) is 11.7 Å². The van der Waals surface area contributed by atoms with E-state index in [2.05, 4.69) is 17.6 Å². The smallest absolute Gasteiger partial charge is 0.293 e. The maximum Gasteiger partial charge on any atom is 0.293 e. The number of carbonyl (C=O) groups is 2. The summed E-state index contributed by atoms with van der Waals surface area (Å²) in [7, 11) is 0. The standard InChI is InChI=1S/C22H20ClN3O3S2/c1-11-2-7-14-17(10-11)31-21(18(14)19(24)27)26-22(30)25-20(28)16-9-8-15(29-16)12-3-5-13(23)6-4-12/h3-6,8-9,11H,2,7,10H2,1H3,(H2,24,27)(H2,25,26,28,30)/t11-/m0/s1. The predicted molar refractivity (Wildman–Crippen MR) is 127 cm³/mol. The molecule has 4 N–H and O–H groups in total. The SMILES string of the molecule is C[C@H]1CCc2c(sc(NC(=S)NC(=O)c3ccc(-c4ccc(Cl)cc4)o3)c2C(N)=O)C1. The number of primary amides is 1. The van der Waals surface area contributed by atoms with E-state index in [1.54, 1.807) is 36.4 Å². The van der Waals surface area contributed by atoms with Crippen molar-refractivity contribution >= 4 is 57.1 Å². The fourth-order valence-electron chi connectivity index (χ4n) is 3.63. The van der Waals surface area contributed by atoms with Crippen LogP contribution in [0.5, 0.6) is 0 Å². The molecule has 31 heavy (non-hydrogen) atoms. The molecule has 160 valence electrons. The van der Waals surface area contributed by atoms with Crippen molar-refractivity contribution in [3.63, 3.8) is 0 Å². The largest absolute Gasteiger partial charge is 0.451 e. The Kier molecular flexibility index (Phi) is 6.13. The third-order valence-electron chi connectivity index (χ3n) is 5.17. The molecule has 1 aromatic carbocycles. The van der Waals surface area contributed by atoms with E-state index in [0.29, 0.717) is 27.3 Å². The number of halogens is 1. The molecule has 3 aromatic rings. The molecular formula is C22H20ClN3O3S2. The van der Waals surface area contributed by atoms with E-state index in [1.807, 2.05) is 0 Å². The van der Waals surface area contributed by atoms with Gasteiger partial charge in [0.05, 0.1) is 5.56 Å². The minimum Gasteiger partial charge on any atom is -0.451 e. The van der Waals surface area contributed by atoms with Gasteiger partial charge in [-0.05, 0) is 79.4 Å². The summed E-state index contributed by atoms with van der Waals surface area (Å²) in [6, 6.07) is 10.4. The molecule has 4 rings (SSSR count). The Morgan fingerprint density at radius 2 is 1.97 bits per heavy atom. The van der Waals surface area contributed by atoms with Gasteiger partial charge in [-0.2, -0.15) is 0 Å². The molecule has 0 unspecified atom stereocenters. The highest BCUT2D eigenvalue weighted by atomic mass is 35.5. The van der Waals surface area contributed by atoms with Crippen LogP contribution in [0, 0.1) is 5.92 Å². The van der Waals surface area contributed by atoms with Gasteiger partial charge >= 0.3 is 0 Å². The first-order valence-electron chi connectivity index (χ1n) is 9.74. The number of carbonyl (C=O) groups excluding carboxylic acids is 2. The van der Waals surface area contributed by atoms with E-state index in [1.165, 1.54) is 11.3 Å². The van der Waals surface area contributed by atoms with Crippen LogP contribution in [0.25, 0.3) is 11.3 Å². The summed E-state index contributed by atoms with van der Waals surface area (Å²) in [4.78, 5) is 25.8. The lowest BCUT2D eigenvalue weighted by molar-refractivity contribution is 0.0950. The molecule has 2 heterocycles. The number of thiophene rings is 1. The van der Waals surface area contributed by atoms with Gasteiger partial charge in [0.1, 0.15) is 10.8 Å². The van der Waals surface area contributed by atoms with E-state index in [9.17, 15) is 9.59 Å². The molecule has 0 radical (unpaired) electrons. The molecule has 0 saturated heterocycles. The fraction of sp³-hybridized carbons (Fsp3) is 0.227. The van der Waals surface area contributed by atoms with Crippen LogP contribution in [0.1, 0.15) is 44.7 Å². The van der Waals surface area contributed by atoms with Crippen LogP contribution >= 0.6 is 35.2 Å². The van der Waals surface area contributed by atoms with Gasteiger partial charge in [-0.25, -0.2) is 0 Å². The number of benzene rings is 1. The Morgan fingerprint density at radius 3 is 2.68 bits per heavy atom. The van der Waals surface area contributed by atoms with E-state index >= 15 is 0 Å². The van der Waals surface area contributed by atoms with Crippen LogP contribution in [-0.4, -0.2) is 16.9 Å². The average molecular weight is 474 g/mol. The van der Waals surface area contributed by atoms with Gasteiger partial charge in [-0.15, -0.1) is 11.3 Å². The second kappa shape index (κ2) is 8.82. The molecule has 0 fully saturated rings. The van der Waals surface area contributed by atoms with Crippen molar-refractivity contribution in [2.75, 3.05) is 5.32 Å². The Morgan fingerprint density at radius 1 is 1.23 bits per heavy atom. The number of fused-ring (bicyclic) bond motifs is 1. The highest BCUT2D eigenvalue weighted by Gasteiger charge is 2.27. The minimum atomic E-state index is -0.498. The van der Waals surface area contributed by atoms with Crippen LogP contribution in [0.2, 0.25) is 5.02 Å². The first kappa shape index (κ1) is 21.5. The Bertz CT molecular complexity index is 1170. The van der Waals surface area contributed by atoms with Crippen molar-refractivity contribution < 1.29 is 14.0 Å². The van der Waals surface area contributed by atoms with Crippen molar-refractivity contribution in [1.29, 1.82) is 0 Å². The lowest BCUT2D eigenvalue weighted by atomic mass is 9.88. The molecule has 9 heteroatoms. The van der Waals surface area contributed by atoms with Gasteiger partial charge in [0, 0.05) is 15.5 Å².